The van der Waals surface area contributed by atoms with Gasteiger partial charge in [-0.05, 0) is 33.0 Å². The number of benzene rings is 1. The van der Waals surface area contributed by atoms with Gasteiger partial charge < -0.3 is 4.90 Å². The van der Waals surface area contributed by atoms with Gasteiger partial charge >= 0.3 is 0 Å². The molecule has 1 fully saturated rings. The van der Waals surface area contributed by atoms with E-state index >= 15 is 0 Å². The van der Waals surface area contributed by atoms with Crippen LogP contribution in [0.5, 0.6) is 0 Å². The number of ketones is 1. The van der Waals surface area contributed by atoms with Crippen LogP contribution >= 0.6 is 0 Å². The fraction of sp³-hybridized carbons (Fsp3) is 0.562. The second kappa shape index (κ2) is 5.74. The minimum atomic E-state index is 0.231. The lowest BCUT2D eigenvalue weighted by Gasteiger charge is -2.44. The van der Waals surface area contributed by atoms with E-state index in [1.165, 1.54) is 0 Å². The summed E-state index contributed by atoms with van der Waals surface area (Å²) in [5, 5.41) is 0. The first-order valence-corrected chi connectivity index (χ1v) is 7.13. The third-order valence-corrected chi connectivity index (χ3v) is 4.23. The average molecular weight is 260 g/mol. The number of anilines is 1. The van der Waals surface area contributed by atoms with Crippen molar-refractivity contribution < 1.29 is 4.79 Å². The van der Waals surface area contributed by atoms with E-state index in [9.17, 15) is 4.79 Å². The van der Waals surface area contributed by atoms with E-state index in [-0.39, 0.29) is 5.78 Å². The summed E-state index contributed by atoms with van der Waals surface area (Å²) in [6.07, 6.45) is 0.565. The Balaban J connectivity index is 2.29. The topological polar surface area (TPSA) is 23.6 Å². The van der Waals surface area contributed by atoms with Crippen molar-refractivity contribution >= 4 is 11.5 Å². The molecule has 2 unspecified atom stereocenters. The third kappa shape index (κ3) is 2.81. The zero-order valence-electron chi connectivity index (χ0n) is 12.4. The molecule has 1 saturated heterocycles. The molecule has 2 rings (SSSR count). The Morgan fingerprint density at radius 2 is 1.79 bits per heavy atom. The molecule has 0 aliphatic carbocycles. The monoisotopic (exact) mass is 260 g/mol. The molecule has 19 heavy (non-hydrogen) atoms. The largest absolute Gasteiger partial charge is 0.368 e. The first-order chi connectivity index (χ1) is 9.04. The van der Waals surface area contributed by atoms with Crippen molar-refractivity contribution in [3.8, 4) is 0 Å². The van der Waals surface area contributed by atoms with Gasteiger partial charge in [-0.3, -0.25) is 9.69 Å². The first-order valence-electron chi connectivity index (χ1n) is 7.13. The predicted molar refractivity (Wildman–Crippen MR) is 80.0 cm³/mol. The van der Waals surface area contributed by atoms with Crippen molar-refractivity contribution in [2.45, 2.75) is 39.3 Å². The van der Waals surface area contributed by atoms with Crippen LogP contribution in [-0.4, -0.2) is 42.9 Å². The Bertz CT molecular complexity index is 446. The highest BCUT2D eigenvalue weighted by molar-refractivity contribution is 6.01. The van der Waals surface area contributed by atoms with E-state index in [2.05, 4.69) is 36.8 Å². The minimum Gasteiger partial charge on any atom is -0.368 e. The number of rotatable bonds is 3. The van der Waals surface area contributed by atoms with E-state index in [0.29, 0.717) is 18.5 Å². The standard InChI is InChI=1S/C16H24N2O/c1-5-16(19)14-8-6-7-9-15(14)18-10-12(2)17(4)13(3)11-18/h6-9,12-13H,5,10-11H2,1-4H3. The summed E-state index contributed by atoms with van der Waals surface area (Å²) in [5.41, 5.74) is 1.97. The summed E-state index contributed by atoms with van der Waals surface area (Å²) in [6.45, 7) is 8.37. The van der Waals surface area contributed by atoms with Gasteiger partial charge in [0.15, 0.2) is 5.78 Å². The quantitative estimate of drug-likeness (QED) is 0.781. The van der Waals surface area contributed by atoms with Crippen molar-refractivity contribution in [3.63, 3.8) is 0 Å². The average Bonchev–Trinajstić information content (AvgIpc) is 2.43. The van der Waals surface area contributed by atoms with Crippen LogP contribution < -0.4 is 4.90 Å². The number of hydrogen-bond acceptors (Lipinski definition) is 3. The van der Waals surface area contributed by atoms with Crippen LogP contribution in [0.1, 0.15) is 37.6 Å². The van der Waals surface area contributed by atoms with Crippen LogP contribution in [0.2, 0.25) is 0 Å². The summed E-state index contributed by atoms with van der Waals surface area (Å²) in [4.78, 5) is 16.8. The molecule has 1 aliphatic heterocycles. The Hall–Kier alpha value is -1.35. The number of carbonyl (C=O) groups is 1. The second-order valence-electron chi connectivity index (χ2n) is 5.56. The van der Waals surface area contributed by atoms with E-state index in [4.69, 9.17) is 0 Å². The van der Waals surface area contributed by atoms with Crippen LogP contribution in [0.15, 0.2) is 24.3 Å². The normalized spacial score (nSPS) is 24.5. The maximum atomic E-state index is 12.1. The number of Topliss-reactive ketones (excluding diaryl/α,β-unsaturated/α-hetero) is 1. The zero-order chi connectivity index (χ0) is 14.0. The molecule has 0 radical (unpaired) electrons. The van der Waals surface area contributed by atoms with Crippen LogP contribution in [0, 0.1) is 0 Å². The van der Waals surface area contributed by atoms with Crippen LogP contribution in [-0.2, 0) is 0 Å². The molecule has 1 aromatic rings. The van der Waals surface area contributed by atoms with Crippen LogP contribution in [0.25, 0.3) is 0 Å². The first kappa shape index (κ1) is 14.1. The highest BCUT2D eigenvalue weighted by atomic mass is 16.1. The van der Waals surface area contributed by atoms with Crippen molar-refractivity contribution in [2.24, 2.45) is 0 Å². The van der Waals surface area contributed by atoms with Crippen molar-refractivity contribution in [1.29, 1.82) is 0 Å². The lowest BCUT2D eigenvalue weighted by atomic mass is 10.0. The summed E-state index contributed by atoms with van der Waals surface area (Å²) in [5.74, 6) is 0.231. The maximum absolute atomic E-state index is 12.1. The van der Waals surface area contributed by atoms with E-state index in [0.717, 1.165) is 24.3 Å². The second-order valence-corrected chi connectivity index (χ2v) is 5.56. The molecule has 0 aromatic heterocycles. The van der Waals surface area contributed by atoms with E-state index in [1.807, 2.05) is 25.1 Å². The van der Waals surface area contributed by atoms with Crippen LogP contribution in [0.3, 0.4) is 0 Å². The van der Waals surface area contributed by atoms with Gasteiger partial charge in [-0.15, -0.1) is 0 Å². The highest BCUT2D eigenvalue weighted by Crippen LogP contribution is 2.26. The summed E-state index contributed by atoms with van der Waals surface area (Å²) in [7, 11) is 2.18. The van der Waals surface area contributed by atoms with Gasteiger partial charge in [-0.2, -0.15) is 0 Å². The molecule has 0 amide bonds. The molecule has 0 N–H and O–H groups in total. The molecule has 1 heterocycles. The number of para-hydroxylation sites is 1. The predicted octanol–water partition coefficient (Wildman–Crippen LogP) is 2.81. The number of nitrogens with zero attached hydrogens (tertiary/aromatic N) is 2. The zero-order valence-corrected chi connectivity index (χ0v) is 12.4. The maximum Gasteiger partial charge on any atom is 0.164 e. The molecule has 1 aromatic carbocycles. The Morgan fingerprint density at radius 3 is 2.37 bits per heavy atom. The molecule has 1 aliphatic rings. The molecular weight excluding hydrogens is 236 g/mol. The van der Waals surface area contributed by atoms with Gasteiger partial charge in [0.05, 0.1) is 0 Å². The molecule has 3 heteroatoms. The number of carbonyl (C=O) groups excluding carboxylic acids is 1. The smallest absolute Gasteiger partial charge is 0.164 e. The molecule has 2 atom stereocenters. The lowest BCUT2D eigenvalue weighted by molar-refractivity contribution is 0.0988. The number of hydrogen-bond donors (Lipinski definition) is 0. The minimum absolute atomic E-state index is 0.231. The fourth-order valence-electron chi connectivity index (χ4n) is 2.78. The number of piperazine rings is 1. The number of likely N-dealkylation sites (N-methyl/N-ethyl adjacent to an activating group) is 1. The molecule has 0 bridgehead atoms. The van der Waals surface area contributed by atoms with Crippen molar-refractivity contribution in [3.05, 3.63) is 29.8 Å². The summed E-state index contributed by atoms with van der Waals surface area (Å²) in [6, 6.07) is 9.02. The van der Waals surface area contributed by atoms with E-state index < -0.39 is 0 Å². The van der Waals surface area contributed by atoms with Gasteiger partial charge in [-0.25, -0.2) is 0 Å². The van der Waals surface area contributed by atoms with Gasteiger partial charge in [0.2, 0.25) is 0 Å². The molecule has 0 spiro atoms. The van der Waals surface area contributed by atoms with E-state index in [1.54, 1.807) is 0 Å². The van der Waals surface area contributed by atoms with Gasteiger partial charge in [0, 0.05) is 42.8 Å². The Labute approximate surface area is 116 Å². The summed E-state index contributed by atoms with van der Waals surface area (Å²) < 4.78 is 0. The third-order valence-electron chi connectivity index (χ3n) is 4.23. The Kier molecular flexibility index (Phi) is 4.25. The molecule has 104 valence electrons. The molecule has 0 saturated carbocycles. The Morgan fingerprint density at radius 1 is 1.21 bits per heavy atom. The van der Waals surface area contributed by atoms with Crippen LogP contribution in [0.4, 0.5) is 5.69 Å². The van der Waals surface area contributed by atoms with Crippen molar-refractivity contribution in [2.75, 3.05) is 25.0 Å². The van der Waals surface area contributed by atoms with Gasteiger partial charge in [-0.1, -0.05) is 19.1 Å². The highest BCUT2D eigenvalue weighted by Gasteiger charge is 2.28. The lowest BCUT2D eigenvalue weighted by Crippen LogP contribution is -2.55. The van der Waals surface area contributed by atoms with Gasteiger partial charge in [0.25, 0.3) is 0 Å². The molecule has 3 nitrogen and oxygen atoms in total. The van der Waals surface area contributed by atoms with Crippen molar-refractivity contribution in [1.82, 2.24) is 4.90 Å². The fourth-order valence-corrected chi connectivity index (χ4v) is 2.78. The van der Waals surface area contributed by atoms with Gasteiger partial charge in [0.1, 0.15) is 0 Å². The molecular formula is C16H24N2O. The summed E-state index contributed by atoms with van der Waals surface area (Å²) >= 11 is 0. The SMILES string of the molecule is CCC(=O)c1ccccc1N1CC(C)N(C)C(C)C1.